The van der Waals surface area contributed by atoms with Crippen LogP contribution in [0.25, 0.3) is 11.0 Å². The van der Waals surface area contributed by atoms with E-state index in [9.17, 15) is 0 Å². The van der Waals surface area contributed by atoms with E-state index in [2.05, 4.69) is 44.0 Å². The van der Waals surface area contributed by atoms with Crippen molar-refractivity contribution in [3.63, 3.8) is 0 Å². The third-order valence-corrected chi connectivity index (χ3v) is 4.46. The Morgan fingerprint density at radius 2 is 2.17 bits per heavy atom. The van der Waals surface area contributed by atoms with Crippen LogP contribution in [0.15, 0.2) is 22.7 Å². The molecule has 0 amide bonds. The van der Waals surface area contributed by atoms with E-state index in [1.807, 2.05) is 0 Å². The molecule has 2 aliphatic rings. The highest BCUT2D eigenvalue weighted by Gasteiger charge is 2.31. The molecule has 1 saturated carbocycles. The van der Waals surface area contributed by atoms with Gasteiger partial charge in [-0.1, -0.05) is 15.9 Å². The molecule has 2 aromatic rings. The summed E-state index contributed by atoms with van der Waals surface area (Å²) in [7, 11) is 0. The first kappa shape index (κ1) is 11.0. The minimum Gasteiger partial charge on any atom is -0.324 e. The summed E-state index contributed by atoms with van der Waals surface area (Å²) in [6.45, 7) is 1.13. The van der Waals surface area contributed by atoms with Crippen LogP contribution in [0.4, 0.5) is 0 Å². The number of benzene rings is 1. The van der Waals surface area contributed by atoms with Crippen LogP contribution in [0.1, 0.15) is 43.6 Å². The molecule has 1 aromatic carbocycles. The molecule has 1 unspecified atom stereocenters. The second-order valence-corrected chi connectivity index (χ2v) is 6.27. The monoisotopic (exact) mass is 305 g/mol. The van der Waals surface area contributed by atoms with Crippen LogP contribution in [-0.2, 0) is 0 Å². The Balaban J connectivity index is 1.91. The SMILES string of the molecule is Brc1ccc2c(c1)nc(C1CCCN1)n2C1CC1. The van der Waals surface area contributed by atoms with E-state index in [-0.39, 0.29) is 0 Å². The van der Waals surface area contributed by atoms with Crippen LogP contribution >= 0.6 is 15.9 Å². The Bertz CT molecular complexity index is 594. The van der Waals surface area contributed by atoms with Gasteiger partial charge < -0.3 is 9.88 Å². The molecule has 1 atom stereocenters. The average Bonchev–Trinajstić information content (AvgIpc) is 2.92. The van der Waals surface area contributed by atoms with Crippen LogP contribution in [-0.4, -0.2) is 16.1 Å². The summed E-state index contributed by atoms with van der Waals surface area (Å²) in [4.78, 5) is 4.89. The van der Waals surface area contributed by atoms with Gasteiger partial charge in [0.15, 0.2) is 0 Å². The third-order valence-electron chi connectivity index (χ3n) is 3.96. The Morgan fingerprint density at radius 3 is 2.89 bits per heavy atom. The molecule has 4 heteroatoms. The Kier molecular flexibility index (Phi) is 2.49. The number of aromatic nitrogens is 2. The summed E-state index contributed by atoms with van der Waals surface area (Å²) in [5.41, 5.74) is 2.42. The number of halogens is 1. The molecule has 0 radical (unpaired) electrons. The van der Waals surface area contributed by atoms with E-state index < -0.39 is 0 Å². The van der Waals surface area contributed by atoms with Gasteiger partial charge in [-0.05, 0) is 50.4 Å². The number of imidazole rings is 1. The second-order valence-electron chi connectivity index (χ2n) is 5.35. The molecule has 18 heavy (non-hydrogen) atoms. The molecule has 1 aromatic heterocycles. The van der Waals surface area contributed by atoms with Crippen LogP contribution < -0.4 is 5.32 Å². The fourth-order valence-corrected chi connectivity index (χ4v) is 3.31. The number of nitrogens with zero attached hydrogens (tertiary/aromatic N) is 2. The fraction of sp³-hybridized carbons (Fsp3) is 0.500. The van der Waals surface area contributed by atoms with Crippen molar-refractivity contribution in [2.24, 2.45) is 0 Å². The average molecular weight is 306 g/mol. The van der Waals surface area contributed by atoms with Crippen molar-refractivity contribution in [3.05, 3.63) is 28.5 Å². The van der Waals surface area contributed by atoms with Gasteiger partial charge in [0.25, 0.3) is 0 Å². The van der Waals surface area contributed by atoms with Gasteiger partial charge in [-0.15, -0.1) is 0 Å². The molecule has 1 aliphatic carbocycles. The number of hydrogen-bond donors (Lipinski definition) is 1. The minimum atomic E-state index is 0.455. The maximum Gasteiger partial charge on any atom is 0.127 e. The first-order valence-corrected chi connectivity index (χ1v) is 7.53. The molecule has 0 bridgehead atoms. The number of hydrogen-bond acceptors (Lipinski definition) is 2. The van der Waals surface area contributed by atoms with Gasteiger partial charge >= 0.3 is 0 Å². The molecule has 1 aliphatic heterocycles. The summed E-state index contributed by atoms with van der Waals surface area (Å²) in [5, 5.41) is 3.58. The van der Waals surface area contributed by atoms with Gasteiger partial charge in [0, 0.05) is 10.5 Å². The lowest BCUT2D eigenvalue weighted by atomic mass is 10.2. The van der Waals surface area contributed by atoms with Gasteiger partial charge in [0.05, 0.1) is 17.1 Å². The lowest BCUT2D eigenvalue weighted by Gasteiger charge is -2.13. The van der Waals surface area contributed by atoms with Crippen molar-refractivity contribution in [2.45, 2.75) is 37.8 Å². The van der Waals surface area contributed by atoms with Crippen LogP contribution in [0.3, 0.4) is 0 Å². The Hall–Kier alpha value is -0.870. The first-order chi connectivity index (χ1) is 8.83. The highest BCUT2D eigenvalue weighted by atomic mass is 79.9. The smallest absolute Gasteiger partial charge is 0.127 e. The number of fused-ring (bicyclic) bond motifs is 1. The predicted molar refractivity (Wildman–Crippen MR) is 75.7 cm³/mol. The maximum absolute atomic E-state index is 4.89. The number of rotatable bonds is 2. The van der Waals surface area contributed by atoms with E-state index in [1.54, 1.807) is 0 Å². The molecule has 2 heterocycles. The lowest BCUT2D eigenvalue weighted by molar-refractivity contribution is 0.560. The molecule has 1 N–H and O–H groups in total. The van der Waals surface area contributed by atoms with Crippen LogP contribution in [0.2, 0.25) is 0 Å². The molecule has 4 rings (SSSR count). The molecule has 2 fully saturated rings. The van der Waals surface area contributed by atoms with Gasteiger partial charge in [-0.3, -0.25) is 0 Å². The van der Waals surface area contributed by atoms with E-state index in [0.717, 1.165) is 16.5 Å². The van der Waals surface area contributed by atoms with Gasteiger partial charge in [-0.25, -0.2) is 4.98 Å². The minimum absolute atomic E-state index is 0.455. The maximum atomic E-state index is 4.89. The molecule has 3 nitrogen and oxygen atoms in total. The summed E-state index contributed by atoms with van der Waals surface area (Å²) in [6, 6.07) is 7.59. The summed E-state index contributed by atoms with van der Waals surface area (Å²) in [6.07, 6.45) is 5.10. The summed E-state index contributed by atoms with van der Waals surface area (Å²) < 4.78 is 3.59. The van der Waals surface area contributed by atoms with Crippen molar-refractivity contribution in [3.8, 4) is 0 Å². The van der Waals surface area contributed by atoms with Crippen molar-refractivity contribution in [1.29, 1.82) is 0 Å². The zero-order chi connectivity index (χ0) is 12.1. The van der Waals surface area contributed by atoms with E-state index in [1.165, 1.54) is 37.0 Å². The van der Waals surface area contributed by atoms with E-state index >= 15 is 0 Å². The van der Waals surface area contributed by atoms with Gasteiger partial charge in [-0.2, -0.15) is 0 Å². The molecule has 0 spiro atoms. The third kappa shape index (κ3) is 1.70. The predicted octanol–water partition coefficient (Wildman–Crippen LogP) is 3.56. The Morgan fingerprint density at radius 1 is 1.28 bits per heavy atom. The topological polar surface area (TPSA) is 29.9 Å². The summed E-state index contributed by atoms with van der Waals surface area (Å²) in [5.74, 6) is 1.25. The highest BCUT2D eigenvalue weighted by Crippen LogP contribution is 2.41. The molecular formula is C14H16BrN3. The van der Waals surface area contributed by atoms with Crippen LogP contribution in [0, 0.1) is 0 Å². The van der Waals surface area contributed by atoms with Crippen molar-refractivity contribution in [1.82, 2.24) is 14.9 Å². The van der Waals surface area contributed by atoms with Crippen molar-refractivity contribution >= 4 is 27.0 Å². The zero-order valence-corrected chi connectivity index (χ0v) is 11.8. The first-order valence-electron chi connectivity index (χ1n) is 6.74. The van der Waals surface area contributed by atoms with Crippen LogP contribution in [0.5, 0.6) is 0 Å². The lowest BCUT2D eigenvalue weighted by Crippen LogP contribution is -2.17. The van der Waals surface area contributed by atoms with Gasteiger partial charge in [0.2, 0.25) is 0 Å². The molecular weight excluding hydrogens is 290 g/mol. The largest absolute Gasteiger partial charge is 0.324 e. The Labute approximate surface area is 115 Å². The van der Waals surface area contributed by atoms with E-state index in [4.69, 9.17) is 4.98 Å². The van der Waals surface area contributed by atoms with Gasteiger partial charge in [0.1, 0.15) is 5.82 Å². The second kappa shape index (κ2) is 4.07. The van der Waals surface area contributed by atoms with Crippen molar-refractivity contribution in [2.75, 3.05) is 6.54 Å². The quantitative estimate of drug-likeness (QED) is 0.919. The number of nitrogens with one attached hydrogen (secondary N) is 1. The highest BCUT2D eigenvalue weighted by molar-refractivity contribution is 9.10. The standard InChI is InChI=1S/C14H16BrN3/c15-9-3-6-13-12(8-9)17-14(11-2-1-7-16-11)18(13)10-4-5-10/h3,6,8,10-11,16H,1-2,4-5,7H2. The zero-order valence-electron chi connectivity index (χ0n) is 10.2. The molecule has 1 saturated heterocycles. The fourth-order valence-electron chi connectivity index (χ4n) is 2.96. The normalized spacial score (nSPS) is 23.9. The summed E-state index contributed by atoms with van der Waals surface area (Å²) >= 11 is 3.54. The van der Waals surface area contributed by atoms with E-state index in [0.29, 0.717) is 12.1 Å². The van der Waals surface area contributed by atoms with Crippen molar-refractivity contribution < 1.29 is 0 Å². The molecule has 94 valence electrons.